The van der Waals surface area contributed by atoms with Crippen molar-refractivity contribution in [2.45, 2.75) is 19.4 Å². The van der Waals surface area contributed by atoms with E-state index in [9.17, 15) is 14.4 Å². The Morgan fingerprint density at radius 1 is 1.15 bits per heavy atom. The van der Waals surface area contributed by atoms with E-state index in [1.165, 1.54) is 6.07 Å². The number of hydrogen-bond donors (Lipinski definition) is 2. The highest BCUT2D eigenvalue weighted by Crippen LogP contribution is 2.27. The number of hydrazine groups is 1. The average Bonchev–Trinajstić information content (AvgIpc) is 2.89. The Morgan fingerprint density at radius 2 is 1.92 bits per heavy atom. The predicted molar refractivity (Wildman–Crippen MR) is 99.1 cm³/mol. The predicted octanol–water partition coefficient (Wildman–Crippen LogP) is 2.87. The largest absolute Gasteiger partial charge is 0.287 e. The van der Waals surface area contributed by atoms with E-state index < -0.39 is 17.9 Å². The molecule has 1 aliphatic heterocycles. The molecule has 1 aliphatic rings. The Labute approximate surface area is 160 Å². The van der Waals surface area contributed by atoms with Crippen molar-refractivity contribution < 1.29 is 14.4 Å². The lowest BCUT2D eigenvalue weighted by Crippen LogP contribution is -2.48. The van der Waals surface area contributed by atoms with Gasteiger partial charge in [-0.2, -0.15) is 0 Å². The molecule has 6 nitrogen and oxygen atoms in total. The van der Waals surface area contributed by atoms with Gasteiger partial charge in [0.15, 0.2) is 0 Å². The van der Waals surface area contributed by atoms with Gasteiger partial charge in [-0.05, 0) is 42.8 Å². The van der Waals surface area contributed by atoms with E-state index in [1.54, 1.807) is 36.4 Å². The Morgan fingerprint density at radius 3 is 2.62 bits per heavy atom. The number of nitrogens with zero attached hydrogens (tertiary/aromatic N) is 1. The highest BCUT2D eigenvalue weighted by Gasteiger charge is 2.39. The molecule has 134 valence electrons. The number of aryl methyl sites for hydroxylation is 1. The number of carbonyl (C=O) groups excluding carboxylic acids is 3. The molecule has 2 aromatic rings. The lowest BCUT2D eigenvalue weighted by molar-refractivity contribution is -0.121. The highest BCUT2D eigenvalue weighted by atomic mass is 35.5. The Bertz CT molecular complexity index is 901. The standard InChI is InChI=1S/C18H15Cl2N3O3/c1-10-5-6-13(8-14(10)20)23-16(24)9-15(18(23)26)21-22-17(25)11-3-2-4-12(19)7-11/h2-8,15,21H,9H2,1H3,(H,22,25). The van der Waals surface area contributed by atoms with Crippen LogP contribution in [0.25, 0.3) is 0 Å². The van der Waals surface area contributed by atoms with Crippen molar-refractivity contribution in [1.29, 1.82) is 0 Å². The van der Waals surface area contributed by atoms with Crippen molar-refractivity contribution in [3.05, 3.63) is 63.6 Å². The van der Waals surface area contributed by atoms with Crippen LogP contribution in [0.2, 0.25) is 10.0 Å². The molecule has 1 unspecified atom stereocenters. The summed E-state index contributed by atoms with van der Waals surface area (Å²) < 4.78 is 0. The van der Waals surface area contributed by atoms with Gasteiger partial charge >= 0.3 is 0 Å². The minimum absolute atomic E-state index is 0.0693. The maximum Gasteiger partial charge on any atom is 0.265 e. The summed E-state index contributed by atoms with van der Waals surface area (Å²) in [6.45, 7) is 1.83. The fourth-order valence-corrected chi connectivity index (χ4v) is 2.96. The monoisotopic (exact) mass is 391 g/mol. The number of carbonyl (C=O) groups is 3. The van der Waals surface area contributed by atoms with Crippen LogP contribution >= 0.6 is 23.2 Å². The van der Waals surface area contributed by atoms with Crippen LogP contribution in [0.1, 0.15) is 22.3 Å². The molecule has 3 amide bonds. The van der Waals surface area contributed by atoms with Gasteiger partial charge in [0.05, 0.1) is 12.1 Å². The minimum atomic E-state index is -0.856. The first-order chi connectivity index (χ1) is 12.4. The summed E-state index contributed by atoms with van der Waals surface area (Å²) in [7, 11) is 0. The van der Waals surface area contributed by atoms with E-state index in [0.29, 0.717) is 21.3 Å². The lowest BCUT2D eigenvalue weighted by atomic mass is 10.2. The van der Waals surface area contributed by atoms with Crippen LogP contribution in [-0.2, 0) is 9.59 Å². The maximum atomic E-state index is 12.5. The van der Waals surface area contributed by atoms with Gasteiger partial charge in [0.1, 0.15) is 6.04 Å². The second-order valence-electron chi connectivity index (χ2n) is 5.87. The summed E-state index contributed by atoms with van der Waals surface area (Å²) in [5.74, 6) is -1.28. The quantitative estimate of drug-likeness (QED) is 0.620. The molecular formula is C18H15Cl2N3O3. The van der Waals surface area contributed by atoms with Crippen LogP contribution in [-0.4, -0.2) is 23.8 Å². The maximum absolute atomic E-state index is 12.5. The van der Waals surface area contributed by atoms with Gasteiger partial charge in [-0.15, -0.1) is 0 Å². The summed E-state index contributed by atoms with van der Waals surface area (Å²) >= 11 is 11.9. The second-order valence-corrected chi connectivity index (χ2v) is 6.71. The van der Waals surface area contributed by atoms with Crippen molar-refractivity contribution in [3.8, 4) is 0 Å². The molecule has 1 heterocycles. The number of rotatable bonds is 4. The smallest absolute Gasteiger partial charge is 0.265 e. The summed E-state index contributed by atoms with van der Waals surface area (Å²) in [6.07, 6.45) is -0.0693. The number of benzene rings is 2. The number of imide groups is 1. The van der Waals surface area contributed by atoms with E-state index in [-0.39, 0.29) is 12.3 Å². The molecule has 1 saturated heterocycles. The van der Waals surface area contributed by atoms with Gasteiger partial charge in [-0.3, -0.25) is 19.8 Å². The van der Waals surface area contributed by atoms with Crippen LogP contribution < -0.4 is 15.8 Å². The zero-order valence-electron chi connectivity index (χ0n) is 13.8. The molecule has 0 bridgehead atoms. The Hall–Kier alpha value is -2.41. The third-order valence-corrected chi connectivity index (χ3v) is 4.65. The summed E-state index contributed by atoms with van der Waals surface area (Å²) in [6, 6.07) is 10.5. The zero-order valence-corrected chi connectivity index (χ0v) is 15.3. The second kappa shape index (κ2) is 7.45. The molecule has 0 radical (unpaired) electrons. The van der Waals surface area contributed by atoms with E-state index in [2.05, 4.69) is 10.9 Å². The van der Waals surface area contributed by atoms with Crippen molar-refractivity contribution in [3.63, 3.8) is 0 Å². The fourth-order valence-electron chi connectivity index (χ4n) is 2.59. The number of anilines is 1. The molecule has 0 aliphatic carbocycles. The molecule has 2 N–H and O–H groups in total. The Balaban J connectivity index is 1.69. The first-order valence-corrected chi connectivity index (χ1v) is 8.57. The number of nitrogens with one attached hydrogen (secondary N) is 2. The van der Waals surface area contributed by atoms with E-state index in [1.807, 2.05) is 6.92 Å². The van der Waals surface area contributed by atoms with Crippen molar-refractivity contribution in [2.24, 2.45) is 0 Å². The molecule has 1 atom stereocenters. The molecule has 0 spiro atoms. The fraction of sp³-hybridized carbons (Fsp3) is 0.167. The molecule has 3 rings (SSSR count). The average molecular weight is 392 g/mol. The summed E-state index contributed by atoms with van der Waals surface area (Å²) in [4.78, 5) is 38.0. The summed E-state index contributed by atoms with van der Waals surface area (Å²) in [5.41, 5.74) is 6.64. The van der Waals surface area contributed by atoms with Gasteiger partial charge in [0, 0.05) is 15.6 Å². The van der Waals surface area contributed by atoms with Gasteiger partial charge in [0.2, 0.25) is 5.91 Å². The van der Waals surface area contributed by atoms with E-state index in [4.69, 9.17) is 23.2 Å². The number of halogens is 2. The van der Waals surface area contributed by atoms with Gasteiger partial charge < -0.3 is 0 Å². The SMILES string of the molecule is Cc1ccc(N2C(=O)CC(NNC(=O)c3cccc(Cl)c3)C2=O)cc1Cl. The minimum Gasteiger partial charge on any atom is -0.287 e. The van der Waals surface area contributed by atoms with Crippen molar-refractivity contribution in [1.82, 2.24) is 10.9 Å². The third-order valence-electron chi connectivity index (χ3n) is 4.01. The third kappa shape index (κ3) is 3.72. The molecule has 2 aromatic carbocycles. The van der Waals surface area contributed by atoms with Gasteiger partial charge in [-0.25, -0.2) is 10.3 Å². The van der Waals surface area contributed by atoms with Gasteiger partial charge in [0.25, 0.3) is 11.8 Å². The first kappa shape index (κ1) is 18.4. The normalized spacial score (nSPS) is 16.9. The molecule has 26 heavy (non-hydrogen) atoms. The van der Waals surface area contributed by atoms with Crippen LogP contribution in [0.5, 0.6) is 0 Å². The van der Waals surface area contributed by atoms with Crippen molar-refractivity contribution in [2.75, 3.05) is 4.90 Å². The lowest BCUT2D eigenvalue weighted by Gasteiger charge is -2.16. The number of amides is 3. The zero-order chi connectivity index (χ0) is 18.8. The molecule has 1 fully saturated rings. The first-order valence-electron chi connectivity index (χ1n) is 7.81. The van der Waals surface area contributed by atoms with Crippen LogP contribution in [0.15, 0.2) is 42.5 Å². The van der Waals surface area contributed by atoms with Crippen LogP contribution in [0.3, 0.4) is 0 Å². The van der Waals surface area contributed by atoms with E-state index >= 15 is 0 Å². The topological polar surface area (TPSA) is 78.5 Å². The van der Waals surface area contributed by atoms with Crippen LogP contribution in [0.4, 0.5) is 5.69 Å². The Kier molecular flexibility index (Phi) is 5.27. The molecule has 0 saturated carbocycles. The number of hydrogen-bond acceptors (Lipinski definition) is 4. The molecular weight excluding hydrogens is 377 g/mol. The molecule has 8 heteroatoms. The molecule has 0 aromatic heterocycles. The summed E-state index contributed by atoms with van der Waals surface area (Å²) in [5, 5.41) is 0.890. The highest BCUT2D eigenvalue weighted by molar-refractivity contribution is 6.32. The van der Waals surface area contributed by atoms with E-state index in [0.717, 1.165) is 10.5 Å². The van der Waals surface area contributed by atoms with Gasteiger partial charge in [-0.1, -0.05) is 35.3 Å². The van der Waals surface area contributed by atoms with Crippen molar-refractivity contribution >= 4 is 46.6 Å². The van der Waals surface area contributed by atoms with Crippen LogP contribution in [0, 0.1) is 6.92 Å².